The Kier molecular flexibility index (Phi) is 9.07. The normalized spacial score (nSPS) is 11.5. The highest BCUT2D eigenvalue weighted by molar-refractivity contribution is 5.93. The zero-order valence-electron chi connectivity index (χ0n) is 16.3. The molecule has 0 fully saturated rings. The van der Waals surface area contributed by atoms with E-state index in [-0.39, 0.29) is 23.8 Å². The molecular weight excluding hydrogens is 344 g/mol. The van der Waals surface area contributed by atoms with E-state index in [9.17, 15) is 14.4 Å². The van der Waals surface area contributed by atoms with E-state index in [1.165, 1.54) is 0 Å². The molecule has 0 aliphatic heterocycles. The van der Waals surface area contributed by atoms with E-state index < -0.39 is 18.3 Å². The fourth-order valence-corrected chi connectivity index (χ4v) is 2.36. The summed E-state index contributed by atoms with van der Waals surface area (Å²) in [6.45, 7) is 7.90. The van der Waals surface area contributed by atoms with Crippen LogP contribution in [-0.2, 0) is 20.8 Å². The Bertz CT molecular complexity index is 729. The van der Waals surface area contributed by atoms with E-state index in [0.29, 0.717) is 13.0 Å². The first kappa shape index (κ1) is 22.2. The zero-order valence-corrected chi connectivity index (χ0v) is 16.3. The predicted octanol–water partition coefficient (Wildman–Crippen LogP) is 1.97. The van der Waals surface area contributed by atoms with Crippen LogP contribution in [0.3, 0.4) is 0 Å². The number of benzene rings is 1. The van der Waals surface area contributed by atoms with E-state index in [0.717, 1.165) is 11.1 Å². The summed E-state index contributed by atoms with van der Waals surface area (Å²) in [7, 11) is 0. The van der Waals surface area contributed by atoms with Crippen molar-refractivity contribution in [1.29, 1.82) is 0 Å². The van der Waals surface area contributed by atoms with Gasteiger partial charge >= 0.3 is 5.97 Å². The van der Waals surface area contributed by atoms with Crippen molar-refractivity contribution < 1.29 is 19.5 Å². The van der Waals surface area contributed by atoms with Crippen molar-refractivity contribution in [3.8, 4) is 11.8 Å². The monoisotopic (exact) mass is 372 g/mol. The van der Waals surface area contributed by atoms with Gasteiger partial charge in [0.2, 0.25) is 11.8 Å². The molecule has 1 aromatic carbocycles. The summed E-state index contributed by atoms with van der Waals surface area (Å²) in [5.74, 6) is 4.37. The molecule has 0 spiro atoms. The van der Waals surface area contributed by atoms with Crippen LogP contribution in [0, 0.1) is 23.7 Å². The van der Waals surface area contributed by atoms with Crippen molar-refractivity contribution in [3.63, 3.8) is 0 Å². The minimum atomic E-state index is -1.14. The summed E-state index contributed by atoms with van der Waals surface area (Å²) in [4.78, 5) is 33.9. The lowest BCUT2D eigenvalue weighted by molar-refractivity contribution is -0.141. The van der Waals surface area contributed by atoms with Crippen LogP contribution < -0.4 is 10.6 Å². The van der Waals surface area contributed by atoms with E-state index in [1.54, 1.807) is 0 Å². The Hall–Kier alpha value is -2.81. The maximum absolute atomic E-state index is 11.8. The highest BCUT2D eigenvalue weighted by Gasteiger charge is 2.18. The van der Waals surface area contributed by atoms with Gasteiger partial charge < -0.3 is 15.7 Å². The third kappa shape index (κ3) is 8.91. The summed E-state index contributed by atoms with van der Waals surface area (Å²) in [6.07, 6.45) is 0.0550. The molecule has 3 N–H and O–H groups in total. The molecule has 0 heterocycles. The number of carbonyl (C=O) groups excluding carboxylic acids is 2. The second kappa shape index (κ2) is 11.0. The van der Waals surface area contributed by atoms with Gasteiger partial charge in [-0.25, -0.2) is 0 Å². The summed E-state index contributed by atoms with van der Waals surface area (Å²) in [5, 5.41) is 14.3. The summed E-state index contributed by atoms with van der Waals surface area (Å²) in [5.41, 5.74) is 1.83. The van der Waals surface area contributed by atoms with Crippen LogP contribution in [0.1, 0.15) is 45.2 Å². The third-order valence-electron chi connectivity index (χ3n) is 3.95. The molecule has 27 heavy (non-hydrogen) atoms. The van der Waals surface area contributed by atoms with Crippen LogP contribution in [0.2, 0.25) is 0 Å². The summed E-state index contributed by atoms with van der Waals surface area (Å²) in [6, 6.07) is 7.50. The molecule has 0 unspecified atom stereocenters. The quantitative estimate of drug-likeness (QED) is 0.480. The second-order valence-electron chi connectivity index (χ2n) is 7.07. The van der Waals surface area contributed by atoms with Crippen molar-refractivity contribution in [1.82, 2.24) is 10.6 Å². The molecule has 6 heteroatoms. The molecule has 0 aliphatic carbocycles. The van der Waals surface area contributed by atoms with E-state index in [4.69, 9.17) is 5.11 Å². The number of hydrogen-bond acceptors (Lipinski definition) is 3. The minimum Gasteiger partial charge on any atom is -0.481 e. The van der Waals surface area contributed by atoms with E-state index in [1.807, 2.05) is 52.0 Å². The van der Waals surface area contributed by atoms with Gasteiger partial charge in [-0.15, -0.1) is 0 Å². The molecular formula is C21H28N2O4. The third-order valence-corrected chi connectivity index (χ3v) is 3.95. The highest BCUT2D eigenvalue weighted by Crippen LogP contribution is 2.12. The van der Waals surface area contributed by atoms with E-state index >= 15 is 0 Å². The zero-order chi connectivity index (χ0) is 20.4. The molecule has 0 radical (unpaired) electrons. The first-order valence-electron chi connectivity index (χ1n) is 9.05. The fraction of sp³-hybridized carbons (Fsp3) is 0.476. The van der Waals surface area contributed by atoms with Gasteiger partial charge in [0.1, 0.15) is 6.42 Å². The Morgan fingerprint density at radius 3 is 2.44 bits per heavy atom. The van der Waals surface area contributed by atoms with Crippen molar-refractivity contribution >= 4 is 17.8 Å². The largest absolute Gasteiger partial charge is 0.481 e. The molecule has 0 aliphatic rings. The van der Waals surface area contributed by atoms with Crippen molar-refractivity contribution in [2.45, 2.75) is 46.6 Å². The van der Waals surface area contributed by atoms with Crippen molar-refractivity contribution in [2.24, 2.45) is 11.8 Å². The van der Waals surface area contributed by atoms with Gasteiger partial charge in [0.15, 0.2) is 0 Å². The van der Waals surface area contributed by atoms with Gasteiger partial charge in [-0.2, -0.15) is 0 Å². The molecule has 6 nitrogen and oxygen atoms in total. The van der Waals surface area contributed by atoms with Crippen molar-refractivity contribution in [2.75, 3.05) is 6.54 Å². The van der Waals surface area contributed by atoms with Gasteiger partial charge in [-0.05, 0) is 30.0 Å². The first-order chi connectivity index (χ1) is 12.7. The SMILES string of the molecule is CC(C)C(=O)NCC#Cc1cccc(C[C@H](NC(=O)CC(=O)O)C(C)C)c1. The lowest BCUT2D eigenvalue weighted by Gasteiger charge is -2.22. The fourth-order valence-electron chi connectivity index (χ4n) is 2.36. The van der Waals surface area contributed by atoms with Crippen LogP contribution >= 0.6 is 0 Å². The highest BCUT2D eigenvalue weighted by atomic mass is 16.4. The molecule has 1 aromatic rings. The Labute approximate surface area is 160 Å². The van der Waals surface area contributed by atoms with Gasteiger partial charge in [-0.1, -0.05) is 51.7 Å². The number of carboxylic acids is 1. The number of nitrogens with one attached hydrogen (secondary N) is 2. The average Bonchev–Trinajstić information content (AvgIpc) is 2.57. The van der Waals surface area contributed by atoms with Crippen LogP contribution in [0.15, 0.2) is 24.3 Å². The van der Waals surface area contributed by atoms with Gasteiger partial charge in [-0.3, -0.25) is 14.4 Å². The Morgan fingerprint density at radius 2 is 1.85 bits per heavy atom. The number of carbonyl (C=O) groups is 3. The number of rotatable bonds is 8. The maximum Gasteiger partial charge on any atom is 0.312 e. The smallest absolute Gasteiger partial charge is 0.312 e. The molecule has 0 aromatic heterocycles. The van der Waals surface area contributed by atoms with Crippen LogP contribution in [0.4, 0.5) is 0 Å². The van der Waals surface area contributed by atoms with Gasteiger partial charge in [0, 0.05) is 17.5 Å². The number of carboxylic acid groups (broad SMARTS) is 1. The van der Waals surface area contributed by atoms with Crippen LogP contribution in [-0.4, -0.2) is 35.5 Å². The standard InChI is InChI=1S/C21H28N2O4/c1-14(2)18(23-19(24)13-20(25)26)12-17-8-5-7-16(11-17)9-6-10-22-21(27)15(3)4/h5,7-8,11,14-15,18H,10,12-13H2,1-4H3,(H,22,27)(H,23,24)(H,25,26)/t18-/m0/s1. The molecule has 2 amide bonds. The lowest BCUT2D eigenvalue weighted by atomic mass is 9.95. The van der Waals surface area contributed by atoms with Crippen molar-refractivity contribution in [3.05, 3.63) is 35.4 Å². The van der Waals surface area contributed by atoms with Gasteiger partial charge in [0.25, 0.3) is 0 Å². The van der Waals surface area contributed by atoms with E-state index in [2.05, 4.69) is 22.5 Å². The topological polar surface area (TPSA) is 95.5 Å². The molecule has 0 saturated carbocycles. The minimum absolute atomic E-state index is 0.0325. The molecule has 0 saturated heterocycles. The van der Waals surface area contributed by atoms with Gasteiger partial charge in [0.05, 0.1) is 6.54 Å². The molecule has 1 rings (SSSR count). The molecule has 0 bridgehead atoms. The Balaban J connectivity index is 2.72. The number of hydrogen-bond donors (Lipinski definition) is 3. The first-order valence-corrected chi connectivity index (χ1v) is 9.05. The lowest BCUT2D eigenvalue weighted by Crippen LogP contribution is -2.40. The second-order valence-corrected chi connectivity index (χ2v) is 7.07. The maximum atomic E-state index is 11.8. The van der Waals surface area contributed by atoms with Crippen LogP contribution in [0.5, 0.6) is 0 Å². The van der Waals surface area contributed by atoms with Crippen LogP contribution in [0.25, 0.3) is 0 Å². The Morgan fingerprint density at radius 1 is 1.15 bits per heavy atom. The summed E-state index contributed by atoms with van der Waals surface area (Å²) >= 11 is 0. The average molecular weight is 372 g/mol. The number of amides is 2. The summed E-state index contributed by atoms with van der Waals surface area (Å²) < 4.78 is 0. The molecule has 1 atom stereocenters. The predicted molar refractivity (Wildman–Crippen MR) is 104 cm³/mol. The number of aliphatic carboxylic acids is 1. The molecule has 146 valence electrons.